The molecule has 17 heavy (non-hydrogen) atoms. The minimum absolute atomic E-state index is 0.451. The van der Waals surface area contributed by atoms with Gasteiger partial charge in [-0.2, -0.15) is 0 Å². The Hall–Kier alpha value is 0.370. The van der Waals surface area contributed by atoms with Crippen LogP contribution in [-0.2, 0) is 4.74 Å². The van der Waals surface area contributed by atoms with E-state index < -0.39 is 6.17 Å². The van der Waals surface area contributed by atoms with Gasteiger partial charge in [-0.15, -0.1) is 0 Å². The molecule has 1 aliphatic heterocycles. The first-order chi connectivity index (χ1) is 8.24. The minimum atomic E-state index is -0.540. The molecule has 0 radical (unpaired) electrons. The van der Waals surface area contributed by atoms with Crippen LogP contribution in [0.2, 0.25) is 0 Å². The number of alkyl halides is 2. The van der Waals surface area contributed by atoms with Crippen LogP contribution in [0, 0.1) is 17.8 Å². The highest BCUT2D eigenvalue weighted by Crippen LogP contribution is 2.46. The van der Waals surface area contributed by atoms with E-state index in [-0.39, 0.29) is 0 Å². The summed E-state index contributed by atoms with van der Waals surface area (Å²) in [6.07, 6.45) is 7.42. The van der Waals surface area contributed by atoms with Crippen molar-refractivity contribution in [3.63, 3.8) is 0 Å². The molecule has 2 saturated carbocycles. The van der Waals surface area contributed by atoms with E-state index in [1.807, 2.05) is 0 Å². The fourth-order valence-electron chi connectivity index (χ4n) is 4.11. The summed E-state index contributed by atoms with van der Waals surface area (Å²) in [6.45, 7) is 0.951. The maximum absolute atomic E-state index is 13.2. The number of fused-ring (bicyclic) bond motifs is 1. The van der Waals surface area contributed by atoms with Crippen molar-refractivity contribution in [2.75, 3.05) is 6.61 Å². The first-order valence-electron chi connectivity index (χ1n) is 7.14. The molecule has 3 heteroatoms. The van der Waals surface area contributed by atoms with Gasteiger partial charge in [-0.05, 0) is 62.7 Å². The summed E-state index contributed by atoms with van der Waals surface area (Å²) in [6, 6.07) is 0. The van der Waals surface area contributed by atoms with E-state index in [4.69, 9.17) is 4.74 Å². The zero-order valence-corrected chi connectivity index (χ0v) is 11.9. The van der Waals surface area contributed by atoms with Crippen LogP contribution in [-0.4, -0.2) is 23.7 Å². The first-order valence-corrected chi connectivity index (χ1v) is 8.05. The van der Waals surface area contributed by atoms with Gasteiger partial charge in [-0.3, -0.25) is 0 Å². The molecule has 2 aliphatic carbocycles. The predicted molar refractivity (Wildman–Crippen MR) is 70.1 cm³/mol. The van der Waals surface area contributed by atoms with Crippen molar-refractivity contribution in [2.45, 2.75) is 62.0 Å². The van der Waals surface area contributed by atoms with Crippen LogP contribution in [0.15, 0.2) is 0 Å². The zero-order chi connectivity index (χ0) is 11.8. The lowest BCUT2D eigenvalue weighted by atomic mass is 9.72. The minimum Gasteiger partial charge on any atom is -0.377 e. The molecule has 0 N–H and O–H groups in total. The standard InChI is InChI=1S/C14H22BrFO/c15-11-3-6-13-10(7-11)8-17-14(13)9-1-4-12(16)5-2-9/h9-14H,1-8H2. The first kappa shape index (κ1) is 12.4. The number of ether oxygens (including phenoxy) is 1. The Balaban J connectivity index is 1.61. The summed E-state index contributed by atoms with van der Waals surface area (Å²) < 4.78 is 19.3. The van der Waals surface area contributed by atoms with Crippen molar-refractivity contribution in [2.24, 2.45) is 17.8 Å². The van der Waals surface area contributed by atoms with Crippen LogP contribution in [0.5, 0.6) is 0 Å². The molecule has 0 amide bonds. The number of hydrogen-bond acceptors (Lipinski definition) is 1. The summed E-state index contributed by atoms with van der Waals surface area (Å²) in [4.78, 5) is 0.702. The van der Waals surface area contributed by atoms with Crippen molar-refractivity contribution >= 4 is 15.9 Å². The number of hydrogen-bond donors (Lipinski definition) is 0. The van der Waals surface area contributed by atoms with Crippen LogP contribution in [0.3, 0.4) is 0 Å². The van der Waals surface area contributed by atoms with E-state index >= 15 is 0 Å². The molecule has 1 nitrogen and oxygen atoms in total. The van der Waals surface area contributed by atoms with E-state index in [1.54, 1.807) is 0 Å². The van der Waals surface area contributed by atoms with Gasteiger partial charge >= 0.3 is 0 Å². The molecule has 4 unspecified atom stereocenters. The van der Waals surface area contributed by atoms with Crippen LogP contribution in [0.4, 0.5) is 4.39 Å². The number of rotatable bonds is 1. The predicted octanol–water partition coefficient (Wildman–Crippen LogP) is 4.09. The normalized spacial score (nSPS) is 51.2. The van der Waals surface area contributed by atoms with Crippen molar-refractivity contribution < 1.29 is 9.13 Å². The van der Waals surface area contributed by atoms with Crippen molar-refractivity contribution in [3.05, 3.63) is 0 Å². The highest BCUT2D eigenvalue weighted by molar-refractivity contribution is 9.09. The van der Waals surface area contributed by atoms with Gasteiger partial charge in [0.15, 0.2) is 0 Å². The van der Waals surface area contributed by atoms with E-state index in [1.165, 1.54) is 19.3 Å². The molecule has 98 valence electrons. The second kappa shape index (κ2) is 5.16. The Morgan fingerprint density at radius 3 is 2.47 bits per heavy atom. The SMILES string of the molecule is FC1CCC(C2OCC3CC(Br)CCC32)CC1. The highest BCUT2D eigenvalue weighted by Gasteiger charge is 2.44. The third-order valence-corrected chi connectivity index (χ3v) is 5.90. The molecule has 0 spiro atoms. The van der Waals surface area contributed by atoms with Crippen molar-refractivity contribution in [1.29, 1.82) is 0 Å². The van der Waals surface area contributed by atoms with Crippen LogP contribution in [0.25, 0.3) is 0 Å². The molecular weight excluding hydrogens is 283 g/mol. The molecule has 4 atom stereocenters. The molecule has 3 rings (SSSR count). The average molecular weight is 305 g/mol. The molecule has 1 saturated heterocycles. The van der Waals surface area contributed by atoms with Gasteiger partial charge < -0.3 is 4.74 Å². The molecule has 0 aromatic heterocycles. The summed E-state index contributed by atoms with van der Waals surface area (Å²) in [5.41, 5.74) is 0. The van der Waals surface area contributed by atoms with Gasteiger partial charge in [-0.25, -0.2) is 4.39 Å². The Kier molecular flexibility index (Phi) is 3.77. The summed E-state index contributed by atoms with van der Waals surface area (Å²) >= 11 is 3.74. The van der Waals surface area contributed by atoms with Crippen LogP contribution in [0.1, 0.15) is 44.9 Å². The molecule has 3 fully saturated rings. The Labute approximate surface area is 112 Å². The Morgan fingerprint density at radius 2 is 1.71 bits per heavy atom. The monoisotopic (exact) mass is 304 g/mol. The molecule has 0 aromatic carbocycles. The number of halogens is 2. The smallest absolute Gasteiger partial charge is 0.100 e. The second-order valence-electron chi connectivity index (χ2n) is 6.14. The van der Waals surface area contributed by atoms with Crippen molar-refractivity contribution in [1.82, 2.24) is 0 Å². The maximum atomic E-state index is 13.2. The van der Waals surface area contributed by atoms with E-state index in [2.05, 4.69) is 15.9 Å². The lowest BCUT2D eigenvalue weighted by molar-refractivity contribution is 0.0151. The fraction of sp³-hybridized carbons (Fsp3) is 1.00. The molecule has 3 aliphatic rings. The summed E-state index contributed by atoms with van der Waals surface area (Å²) in [5.74, 6) is 2.18. The molecular formula is C14H22BrFO. The van der Waals surface area contributed by atoms with E-state index in [0.29, 0.717) is 16.8 Å². The average Bonchev–Trinajstić information content (AvgIpc) is 2.73. The second-order valence-corrected chi connectivity index (χ2v) is 7.44. The van der Waals surface area contributed by atoms with Gasteiger partial charge in [0.05, 0.1) is 12.7 Å². The topological polar surface area (TPSA) is 9.23 Å². The van der Waals surface area contributed by atoms with Gasteiger partial charge in [0.1, 0.15) is 6.17 Å². The van der Waals surface area contributed by atoms with Crippen molar-refractivity contribution in [3.8, 4) is 0 Å². The molecule has 1 heterocycles. The molecule has 0 bridgehead atoms. The lowest BCUT2D eigenvalue weighted by Gasteiger charge is -2.35. The fourth-order valence-corrected chi connectivity index (χ4v) is 4.85. The maximum Gasteiger partial charge on any atom is 0.100 e. The van der Waals surface area contributed by atoms with Gasteiger partial charge in [0, 0.05) is 4.83 Å². The third-order valence-electron chi connectivity index (χ3n) is 5.07. The summed E-state index contributed by atoms with van der Waals surface area (Å²) in [5, 5.41) is 0. The van der Waals surface area contributed by atoms with Crippen LogP contribution >= 0.6 is 15.9 Å². The lowest BCUT2D eigenvalue weighted by Crippen LogP contribution is -2.34. The Morgan fingerprint density at radius 1 is 0.941 bits per heavy atom. The van der Waals surface area contributed by atoms with E-state index in [9.17, 15) is 4.39 Å². The Bertz CT molecular complexity index is 265. The quantitative estimate of drug-likeness (QED) is 0.663. The van der Waals surface area contributed by atoms with Gasteiger partial charge in [0.25, 0.3) is 0 Å². The van der Waals surface area contributed by atoms with Crippen LogP contribution < -0.4 is 0 Å². The highest BCUT2D eigenvalue weighted by atomic mass is 79.9. The van der Waals surface area contributed by atoms with E-state index in [0.717, 1.165) is 44.1 Å². The van der Waals surface area contributed by atoms with Gasteiger partial charge in [0.2, 0.25) is 0 Å². The zero-order valence-electron chi connectivity index (χ0n) is 10.3. The van der Waals surface area contributed by atoms with Gasteiger partial charge in [-0.1, -0.05) is 15.9 Å². The largest absolute Gasteiger partial charge is 0.377 e. The third kappa shape index (κ3) is 2.56. The molecule has 0 aromatic rings. The summed E-state index contributed by atoms with van der Waals surface area (Å²) in [7, 11) is 0.